The largest absolute Gasteiger partial charge is 0.396 e. The van der Waals surface area contributed by atoms with E-state index in [1.807, 2.05) is 0 Å². The molecule has 0 bridgehead atoms. The van der Waals surface area contributed by atoms with Crippen LogP contribution in [0.5, 0.6) is 0 Å². The van der Waals surface area contributed by atoms with Crippen molar-refractivity contribution in [2.75, 3.05) is 26.2 Å². The van der Waals surface area contributed by atoms with Crippen molar-refractivity contribution in [3.05, 3.63) is 35.6 Å². The van der Waals surface area contributed by atoms with Crippen LogP contribution in [0.3, 0.4) is 0 Å². The zero-order valence-corrected chi connectivity index (χ0v) is 10.3. The number of Topliss-reactive ketones (excluding diaryl/α,β-unsaturated/α-hetero) is 1. The van der Waals surface area contributed by atoms with Gasteiger partial charge in [-0.15, -0.1) is 0 Å². The monoisotopic (exact) mass is 251 g/mol. The minimum absolute atomic E-state index is 0.00795. The second-order valence-corrected chi connectivity index (χ2v) is 4.86. The summed E-state index contributed by atoms with van der Waals surface area (Å²) in [6, 6.07) is 5.65. The summed E-state index contributed by atoms with van der Waals surface area (Å²) < 4.78 is 12.8. The molecule has 0 aromatic heterocycles. The van der Waals surface area contributed by atoms with Crippen molar-refractivity contribution >= 4 is 5.78 Å². The zero-order chi connectivity index (χ0) is 13.0. The predicted octanol–water partition coefficient (Wildman–Crippen LogP) is 1.71. The number of rotatable bonds is 4. The molecule has 3 nitrogen and oxygen atoms in total. The summed E-state index contributed by atoms with van der Waals surface area (Å²) >= 11 is 0. The molecule has 1 unspecified atom stereocenters. The molecule has 18 heavy (non-hydrogen) atoms. The molecule has 98 valence electrons. The van der Waals surface area contributed by atoms with Crippen molar-refractivity contribution in [2.45, 2.75) is 12.8 Å². The average Bonchev–Trinajstić information content (AvgIpc) is 2.39. The average molecular weight is 251 g/mol. The third-order valence-corrected chi connectivity index (χ3v) is 3.39. The minimum Gasteiger partial charge on any atom is -0.396 e. The normalized spacial score (nSPS) is 20.9. The lowest BCUT2D eigenvalue weighted by molar-refractivity contribution is 0.0833. The Bertz CT molecular complexity index is 405. The number of nitrogens with zero attached hydrogens (tertiary/aromatic N) is 1. The van der Waals surface area contributed by atoms with Crippen LogP contribution in [0.1, 0.15) is 23.2 Å². The van der Waals surface area contributed by atoms with Crippen molar-refractivity contribution in [1.82, 2.24) is 4.90 Å². The van der Waals surface area contributed by atoms with E-state index in [1.54, 1.807) is 0 Å². The van der Waals surface area contributed by atoms with Gasteiger partial charge in [-0.3, -0.25) is 9.69 Å². The van der Waals surface area contributed by atoms with E-state index in [0.717, 1.165) is 25.9 Å². The summed E-state index contributed by atoms with van der Waals surface area (Å²) in [4.78, 5) is 14.1. The van der Waals surface area contributed by atoms with Gasteiger partial charge < -0.3 is 5.11 Å². The number of aliphatic hydroxyl groups excluding tert-OH is 1. The van der Waals surface area contributed by atoms with Gasteiger partial charge in [-0.25, -0.2) is 4.39 Å². The van der Waals surface area contributed by atoms with Crippen molar-refractivity contribution in [1.29, 1.82) is 0 Å². The molecule has 1 N–H and O–H groups in total. The molecule has 1 fully saturated rings. The highest BCUT2D eigenvalue weighted by atomic mass is 19.1. The SMILES string of the molecule is O=C(CN1CCCC(CO)C1)c1ccc(F)cc1. The molecule has 0 amide bonds. The highest BCUT2D eigenvalue weighted by molar-refractivity contribution is 5.97. The van der Waals surface area contributed by atoms with E-state index in [2.05, 4.69) is 4.90 Å². The first-order chi connectivity index (χ1) is 8.69. The lowest BCUT2D eigenvalue weighted by Gasteiger charge is -2.31. The summed E-state index contributed by atoms with van der Waals surface area (Å²) in [5, 5.41) is 9.14. The van der Waals surface area contributed by atoms with E-state index in [-0.39, 0.29) is 24.1 Å². The fourth-order valence-electron chi connectivity index (χ4n) is 2.37. The molecule has 0 aliphatic carbocycles. The Morgan fingerprint density at radius 1 is 1.39 bits per heavy atom. The van der Waals surface area contributed by atoms with Gasteiger partial charge in [-0.1, -0.05) is 0 Å². The first-order valence-corrected chi connectivity index (χ1v) is 6.31. The van der Waals surface area contributed by atoms with Crippen molar-refractivity contribution in [3.8, 4) is 0 Å². The van der Waals surface area contributed by atoms with Gasteiger partial charge in [0.05, 0.1) is 6.54 Å². The number of ketones is 1. The number of halogens is 1. The number of carbonyl (C=O) groups excluding carboxylic acids is 1. The van der Waals surface area contributed by atoms with Gasteiger partial charge in [-0.05, 0) is 49.6 Å². The summed E-state index contributed by atoms with van der Waals surface area (Å²) in [6.07, 6.45) is 2.04. The molecule has 1 aliphatic rings. The molecular weight excluding hydrogens is 233 g/mol. The zero-order valence-electron chi connectivity index (χ0n) is 10.3. The van der Waals surface area contributed by atoms with Gasteiger partial charge in [0.15, 0.2) is 5.78 Å². The second kappa shape index (κ2) is 6.07. The van der Waals surface area contributed by atoms with Crippen LogP contribution >= 0.6 is 0 Å². The molecule has 0 spiro atoms. The topological polar surface area (TPSA) is 40.5 Å². The highest BCUT2D eigenvalue weighted by Gasteiger charge is 2.21. The second-order valence-electron chi connectivity index (χ2n) is 4.86. The van der Waals surface area contributed by atoms with Crippen LogP contribution in [0.4, 0.5) is 4.39 Å². The highest BCUT2D eigenvalue weighted by Crippen LogP contribution is 2.16. The molecule has 0 radical (unpaired) electrons. The van der Waals surface area contributed by atoms with Gasteiger partial charge in [-0.2, -0.15) is 0 Å². The van der Waals surface area contributed by atoms with Gasteiger partial charge in [0.25, 0.3) is 0 Å². The summed E-state index contributed by atoms with van der Waals surface area (Å²) in [5.74, 6) is -0.0433. The molecule has 4 heteroatoms. The molecule has 0 saturated carbocycles. The minimum atomic E-state index is -0.329. The Kier molecular flexibility index (Phi) is 4.44. The molecule has 1 saturated heterocycles. The Balaban J connectivity index is 1.92. The van der Waals surface area contributed by atoms with Crippen LogP contribution in [0, 0.1) is 11.7 Å². The van der Waals surface area contributed by atoms with Crippen LogP contribution in [-0.4, -0.2) is 42.0 Å². The summed E-state index contributed by atoms with van der Waals surface area (Å²) in [6.45, 7) is 2.19. The van der Waals surface area contributed by atoms with Crippen molar-refractivity contribution in [3.63, 3.8) is 0 Å². The number of benzene rings is 1. The fraction of sp³-hybridized carbons (Fsp3) is 0.500. The number of carbonyl (C=O) groups is 1. The van der Waals surface area contributed by atoms with Crippen molar-refractivity contribution < 1.29 is 14.3 Å². The van der Waals surface area contributed by atoms with E-state index in [9.17, 15) is 9.18 Å². The van der Waals surface area contributed by atoms with Crippen LogP contribution in [0.25, 0.3) is 0 Å². The Morgan fingerprint density at radius 2 is 2.11 bits per heavy atom. The summed E-state index contributed by atoms with van der Waals surface area (Å²) in [7, 11) is 0. The van der Waals surface area contributed by atoms with E-state index < -0.39 is 0 Å². The number of piperidine rings is 1. The molecule has 1 aromatic carbocycles. The molecule has 1 aliphatic heterocycles. The first kappa shape index (κ1) is 13.2. The van der Waals surface area contributed by atoms with E-state index >= 15 is 0 Å². The quantitative estimate of drug-likeness (QED) is 0.828. The number of aliphatic hydroxyl groups is 1. The van der Waals surface area contributed by atoms with Crippen LogP contribution in [0.2, 0.25) is 0 Å². The van der Waals surface area contributed by atoms with Gasteiger partial charge >= 0.3 is 0 Å². The standard InChI is InChI=1S/C14H18FNO2/c15-13-5-3-12(4-6-13)14(18)9-16-7-1-2-11(8-16)10-17/h3-6,11,17H,1-2,7-10H2. The third kappa shape index (κ3) is 3.37. The first-order valence-electron chi connectivity index (χ1n) is 6.31. The third-order valence-electron chi connectivity index (χ3n) is 3.39. The van der Waals surface area contributed by atoms with Gasteiger partial charge in [0.2, 0.25) is 0 Å². The molecule has 1 heterocycles. The van der Waals surface area contributed by atoms with Gasteiger partial charge in [0.1, 0.15) is 5.82 Å². The molecule has 1 aromatic rings. The Hall–Kier alpha value is -1.26. The number of hydrogen-bond donors (Lipinski definition) is 1. The lowest BCUT2D eigenvalue weighted by atomic mass is 9.98. The predicted molar refractivity (Wildman–Crippen MR) is 67.0 cm³/mol. The Labute approximate surface area is 106 Å². The maximum absolute atomic E-state index is 12.8. The number of likely N-dealkylation sites (tertiary alicyclic amines) is 1. The van der Waals surface area contributed by atoms with Crippen molar-refractivity contribution in [2.24, 2.45) is 5.92 Å². The van der Waals surface area contributed by atoms with Crippen LogP contribution in [0.15, 0.2) is 24.3 Å². The summed E-state index contributed by atoms with van der Waals surface area (Å²) in [5.41, 5.74) is 0.544. The maximum atomic E-state index is 12.8. The smallest absolute Gasteiger partial charge is 0.176 e. The lowest BCUT2D eigenvalue weighted by Crippen LogP contribution is -2.39. The van der Waals surface area contributed by atoms with E-state index in [0.29, 0.717) is 12.1 Å². The fourth-order valence-corrected chi connectivity index (χ4v) is 2.37. The molecular formula is C14H18FNO2. The Morgan fingerprint density at radius 3 is 2.78 bits per heavy atom. The van der Waals surface area contributed by atoms with E-state index in [1.165, 1.54) is 24.3 Å². The van der Waals surface area contributed by atoms with Crippen LogP contribution in [-0.2, 0) is 0 Å². The van der Waals surface area contributed by atoms with E-state index in [4.69, 9.17) is 5.11 Å². The van der Waals surface area contributed by atoms with Gasteiger partial charge in [0, 0.05) is 18.7 Å². The van der Waals surface area contributed by atoms with Crippen LogP contribution < -0.4 is 0 Å². The maximum Gasteiger partial charge on any atom is 0.176 e. The molecule has 2 rings (SSSR count). The molecule has 1 atom stereocenters. The number of hydrogen-bond acceptors (Lipinski definition) is 3.